The lowest BCUT2D eigenvalue weighted by Crippen LogP contribution is -2.41. The van der Waals surface area contributed by atoms with Gasteiger partial charge in [-0.25, -0.2) is 4.98 Å². The normalized spacial score (nSPS) is 23.2. The molecule has 3 aromatic rings. The lowest BCUT2D eigenvalue weighted by Gasteiger charge is -2.31. The van der Waals surface area contributed by atoms with E-state index in [1.54, 1.807) is 17.6 Å². The van der Waals surface area contributed by atoms with Gasteiger partial charge >= 0.3 is 0 Å². The fourth-order valence-electron chi connectivity index (χ4n) is 4.88. The molecule has 1 aromatic carbocycles. The number of fused-ring (bicyclic) bond motifs is 6. The first-order valence-corrected chi connectivity index (χ1v) is 10.6. The summed E-state index contributed by atoms with van der Waals surface area (Å²) in [4.78, 5) is 18.3. The number of benzene rings is 1. The lowest BCUT2D eigenvalue weighted by molar-refractivity contribution is -0.0808. The highest BCUT2D eigenvalue weighted by atomic mass is 16.6. The van der Waals surface area contributed by atoms with Gasteiger partial charge in [0.15, 0.2) is 11.5 Å². The predicted octanol–water partition coefficient (Wildman–Crippen LogP) is 2.20. The maximum absolute atomic E-state index is 13.4. The van der Waals surface area contributed by atoms with E-state index in [1.807, 2.05) is 18.2 Å². The van der Waals surface area contributed by atoms with E-state index in [-0.39, 0.29) is 24.3 Å². The molecule has 0 saturated carbocycles. The van der Waals surface area contributed by atoms with E-state index >= 15 is 0 Å². The third-order valence-electron chi connectivity index (χ3n) is 6.69. The van der Waals surface area contributed by atoms with Crippen molar-refractivity contribution in [3.8, 4) is 22.9 Å². The summed E-state index contributed by atoms with van der Waals surface area (Å²) < 4.78 is 18.5. The number of ether oxygens (including phenoxy) is 3. The number of nitrogens with zero attached hydrogens (tertiary/aromatic N) is 2. The number of aromatic nitrogens is 2. The Morgan fingerprint density at radius 3 is 2.69 bits per heavy atom. The molecule has 6 rings (SSSR count). The number of aliphatic hydroxyl groups is 2. The van der Waals surface area contributed by atoms with Crippen LogP contribution in [0.5, 0.6) is 11.5 Å². The molecular weight excluding hydrogens is 412 g/mol. The Bertz CT molecular complexity index is 1380. The van der Waals surface area contributed by atoms with Crippen molar-refractivity contribution < 1.29 is 24.4 Å². The van der Waals surface area contributed by atoms with Crippen LogP contribution in [-0.4, -0.2) is 39.1 Å². The highest BCUT2D eigenvalue weighted by molar-refractivity contribution is 5.87. The maximum Gasteiger partial charge on any atom is 0.258 e. The fourth-order valence-corrected chi connectivity index (χ4v) is 4.88. The van der Waals surface area contributed by atoms with Gasteiger partial charge in [0.25, 0.3) is 5.56 Å². The summed E-state index contributed by atoms with van der Waals surface area (Å²) in [5, 5.41) is 23.0. The van der Waals surface area contributed by atoms with Crippen LogP contribution < -0.4 is 15.0 Å². The molecule has 0 spiro atoms. The molecule has 0 amide bonds. The Morgan fingerprint density at radius 1 is 1.19 bits per heavy atom. The van der Waals surface area contributed by atoms with E-state index in [4.69, 9.17) is 19.2 Å². The van der Waals surface area contributed by atoms with Crippen LogP contribution in [0.4, 0.5) is 0 Å². The molecule has 0 fully saturated rings. The van der Waals surface area contributed by atoms with Gasteiger partial charge in [-0.3, -0.25) is 4.79 Å². The molecule has 3 aliphatic rings. The van der Waals surface area contributed by atoms with Crippen molar-refractivity contribution in [2.45, 2.75) is 38.2 Å². The van der Waals surface area contributed by atoms with Crippen LogP contribution in [0.25, 0.3) is 22.3 Å². The van der Waals surface area contributed by atoms with E-state index in [0.717, 1.165) is 16.5 Å². The van der Waals surface area contributed by atoms with Crippen molar-refractivity contribution in [1.82, 2.24) is 9.55 Å². The molecule has 2 aromatic heterocycles. The Balaban J connectivity index is 1.58. The van der Waals surface area contributed by atoms with Gasteiger partial charge in [0, 0.05) is 22.6 Å². The largest absolute Gasteiger partial charge is 0.491 e. The van der Waals surface area contributed by atoms with E-state index < -0.39 is 11.7 Å². The van der Waals surface area contributed by atoms with Crippen LogP contribution in [0.3, 0.4) is 0 Å². The standard InChI is InChI=1S/C24H22N2O6/c1-3-24(29)16-8-18-21-14(10-26(18)23(28)15(16)11-32-12(2)22(24)27)6-13-7-19-20(9-17(13)25-21)31-5-4-30-19/h6-9,22,27,29H,2-5,10-11H2,1H3/t22-,24-/m0/s1. The van der Waals surface area contributed by atoms with Crippen molar-refractivity contribution in [2.75, 3.05) is 13.2 Å². The molecule has 8 heteroatoms. The maximum atomic E-state index is 13.4. The topological polar surface area (TPSA) is 103 Å². The van der Waals surface area contributed by atoms with Crippen molar-refractivity contribution in [3.05, 3.63) is 63.6 Å². The number of hydrogen-bond acceptors (Lipinski definition) is 7. The molecule has 5 heterocycles. The van der Waals surface area contributed by atoms with Gasteiger partial charge in [-0.15, -0.1) is 0 Å². The Labute approximate surface area is 183 Å². The highest BCUT2D eigenvalue weighted by Crippen LogP contribution is 2.42. The summed E-state index contributed by atoms with van der Waals surface area (Å²) >= 11 is 0. The molecule has 3 aliphatic heterocycles. The summed E-state index contributed by atoms with van der Waals surface area (Å²) in [6, 6.07) is 7.52. The third kappa shape index (κ3) is 2.50. The van der Waals surface area contributed by atoms with Gasteiger partial charge < -0.3 is 29.0 Å². The minimum atomic E-state index is -1.68. The van der Waals surface area contributed by atoms with E-state index in [2.05, 4.69) is 6.58 Å². The molecule has 0 aliphatic carbocycles. The second-order valence-corrected chi connectivity index (χ2v) is 8.43. The molecule has 32 heavy (non-hydrogen) atoms. The average Bonchev–Trinajstić information content (AvgIpc) is 3.12. The van der Waals surface area contributed by atoms with Gasteiger partial charge in [-0.2, -0.15) is 0 Å². The predicted molar refractivity (Wildman–Crippen MR) is 116 cm³/mol. The minimum absolute atomic E-state index is 0.0478. The van der Waals surface area contributed by atoms with E-state index in [9.17, 15) is 15.0 Å². The SMILES string of the molecule is C=C1OCc2c(cc3n(c2=O)Cc2cc4cc5c(cc4nc2-3)OCCO5)[C@@](O)(CC)[C@H]1O. The zero-order valence-corrected chi connectivity index (χ0v) is 17.6. The molecule has 2 N–H and O–H groups in total. The number of aliphatic hydroxyl groups excluding tert-OH is 1. The van der Waals surface area contributed by atoms with E-state index in [1.165, 1.54) is 0 Å². The molecular formula is C24H22N2O6. The first-order valence-electron chi connectivity index (χ1n) is 10.6. The molecule has 8 nitrogen and oxygen atoms in total. The molecule has 0 bridgehead atoms. The van der Waals surface area contributed by atoms with Crippen LogP contribution in [-0.2, 0) is 23.5 Å². The lowest BCUT2D eigenvalue weighted by atomic mass is 9.83. The summed E-state index contributed by atoms with van der Waals surface area (Å²) in [6.45, 7) is 6.77. The van der Waals surface area contributed by atoms with Gasteiger partial charge in [0.2, 0.25) is 0 Å². The minimum Gasteiger partial charge on any atom is -0.491 e. The molecule has 0 unspecified atom stereocenters. The summed E-state index contributed by atoms with van der Waals surface area (Å²) in [5.41, 5.74) is 1.65. The number of hydrogen-bond donors (Lipinski definition) is 2. The zero-order chi connectivity index (χ0) is 22.2. The van der Waals surface area contributed by atoms with Crippen LogP contribution in [0.1, 0.15) is 30.0 Å². The van der Waals surface area contributed by atoms with Gasteiger partial charge in [-0.05, 0) is 24.6 Å². The zero-order valence-electron chi connectivity index (χ0n) is 17.6. The molecule has 0 radical (unpaired) electrons. The van der Waals surface area contributed by atoms with E-state index in [0.29, 0.717) is 53.8 Å². The number of pyridine rings is 2. The second kappa shape index (κ2) is 6.57. The molecule has 2 atom stereocenters. The van der Waals surface area contributed by atoms with Crippen LogP contribution >= 0.6 is 0 Å². The van der Waals surface area contributed by atoms with Crippen LogP contribution in [0.2, 0.25) is 0 Å². The average molecular weight is 434 g/mol. The Kier molecular flexibility index (Phi) is 3.97. The second-order valence-electron chi connectivity index (χ2n) is 8.43. The first-order chi connectivity index (χ1) is 15.4. The van der Waals surface area contributed by atoms with Gasteiger partial charge in [0.05, 0.1) is 29.0 Å². The van der Waals surface area contributed by atoms with Crippen LogP contribution in [0.15, 0.2) is 41.4 Å². The van der Waals surface area contributed by atoms with Gasteiger partial charge in [0.1, 0.15) is 37.3 Å². The smallest absolute Gasteiger partial charge is 0.258 e. The Morgan fingerprint density at radius 2 is 1.94 bits per heavy atom. The van der Waals surface area contributed by atoms with Crippen LogP contribution in [0, 0.1) is 0 Å². The quantitative estimate of drug-likeness (QED) is 0.473. The van der Waals surface area contributed by atoms with Crippen molar-refractivity contribution >= 4 is 10.9 Å². The molecule has 0 saturated heterocycles. The third-order valence-corrected chi connectivity index (χ3v) is 6.69. The summed E-state index contributed by atoms with van der Waals surface area (Å²) in [5.74, 6) is 1.38. The fraction of sp³-hybridized carbons (Fsp3) is 0.333. The Hall–Kier alpha value is -3.36. The van der Waals surface area contributed by atoms with Gasteiger partial charge in [-0.1, -0.05) is 13.5 Å². The van der Waals surface area contributed by atoms with Crippen molar-refractivity contribution in [3.63, 3.8) is 0 Å². The highest BCUT2D eigenvalue weighted by Gasteiger charge is 2.44. The summed E-state index contributed by atoms with van der Waals surface area (Å²) in [6.07, 6.45) is -1.15. The van der Waals surface area contributed by atoms with Crippen molar-refractivity contribution in [2.24, 2.45) is 0 Å². The monoisotopic (exact) mass is 434 g/mol. The number of rotatable bonds is 1. The van der Waals surface area contributed by atoms with Crippen molar-refractivity contribution in [1.29, 1.82) is 0 Å². The molecule has 164 valence electrons. The summed E-state index contributed by atoms with van der Waals surface area (Å²) in [7, 11) is 0. The first kappa shape index (κ1) is 19.3.